The number of ketones is 1. The van der Waals surface area contributed by atoms with Gasteiger partial charge < -0.3 is 15.2 Å². The van der Waals surface area contributed by atoms with E-state index in [2.05, 4.69) is 5.32 Å². The molecule has 0 saturated carbocycles. The monoisotopic (exact) mass is 413 g/mol. The van der Waals surface area contributed by atoms with Crippen LogP contribution in [0, 0.1) is 13.8 Å². The molecule has 0 aromatic heterocycles. The summed E-state index contributed by atoms with van der Waals surface area (Å²) in [5.41, 5.74) is 2.25. The fourth-order valence-electron chi connectivity index (χ4n) is 2.46. The highest BCUT2D eigenvalue weighted by Gasteiger charge is 2.36. The lowest BCUT2D eigenvalue weighted by Crippen LogP contribution is -2.53. The van der Waals surface area contributed by atoms with Crippen LogP contribution in [0.5, 0.6) is 0 Å². The second kappa shape index (κ2) is 11.5. The quantitative estimate of drug-likeness (QED) is 0.674. The molecule has 0 spiro atoms. The first kappa shape index (κ1) is 24.6. The summed E-state index contributed by atoms with van der Waals surface area (Å²) >= 11 is 0. The maximum absolute atomic E-state index is 12.4. The van der Waals surface area contributed by atoms with Crippen molar-refractivity contribution in [2.75, 3.05) is 0 Å². The van der Waals surface area contributed by atoms with Gasteiger partial charge in [-0.15, -0.1) is 0 Å². The topological polar surface area (TPSA) is 110 Å². The number of hydrogen-bond acceptors (Lipinski definition) is 5. The van der Waals surface area contributed by atoms with Crippen LogP contribution in [-0.2, 0) is 14.3 Å². The Morgan fingerprint density at radius 1 is 0.833 bits per heavy atom. The summed E-state index contributed by atoms with van der Waals surface area (Å²) in [5, 5.41) is 11.8. The minimum atomic E-state index is -1.72. The number of carbonyl (C=O) groups excluding carboxylic acids is 3. The van der Waals surface area contributed by atoms with Crippen LogP contribution < -0.4 is 5.32 Å². The number of aryl methyl sites for hydroxylation is 2. The molecule has 0 fully saturated rings. The van der Waals surface area contributed by atoms with Crippen molar-refractivity contribution < 1.29 is 29.0 Å². The lowest BCUT2D eigenvalue weighted by atomic mass is 10.1. The average molecular weight is 413 g/mol. The molecule has 1 amide bonds. The van der Waals surface area contributed by atoms with Gasteiger partial charge in [0.05, 0.1) is 5.56 Å². The highest BCUT2D eigenvalue weighted by atomic mass is 16.5. The maximum atomic E-state index is 12.4. The van der Waals surface area contributed by atoms with Gasteiger partial charge in [0, 0.05) is 5.56 Å². The van der Waals surface area contributed by atoms with Gasteiger partial charge in [-0.2, -0.15) is 0 Å². The van der Waals surface area contributed by atoms with Gasteiger partial charge in [-0.25, -0.2) is 9.59 Å². The number of nitrogens with one attached hydrogen (secondary N) is 1. The lowest BCUT2D eigenvalue weighted by molar-refractivity contribution is -0.146. The molecule has 0 aliphatic heterocycles. The first-order valence-corrected chi connectivity index (χ1v) is 9.57. The Morgan fingerprint density at radius 3 is 1.67 bits per heavy atom. The summed E-state index contributed by atoms with van der Waals surface area (Å²) in [6.07, 6.45) is -1.67. The fourth-order valence-corrected chi connectivity index (χ4v) is 2.46. The van der Waals surface area contributed by atoms with Gasteiger partial charge in [-0.05, 0) is 45.0 Å². The number of esters is 1. The Kier molecular flexibility index (Phi) is 9.42. The molecule has 30 heavy (non-hydrogen) atoms. The van der Waals surface area contributed by atoms with Crippen LogP contribution in [-0.4, -0.2) is 40.9 Å². The molecule has 0 heterocycles. The molecule has 7 nitrogen and oxygen atoms in total. The minimum Gasteiger partial charge on any atom is -0.480 e. The van der Waals surface area contributed by atoms with E-state index in [0.29, 0.717) is 0 Å². The Labute approximate surface area is 176 Å². The standard InChI is InChI=1S/C21H21NO6.C2H6/c1-12-4-8-15(9-5-12)19(24)22-17(20(25)26)18(14(3)23)28-21(27)16-10-6-13(2)7-11-16;1-2/h4-11,17-18H,1-3H3,(H,22,24)(H,25,26);1-2H3. The van der Waals surface area contributed by atoms with Crippen LogP contribution in [0.4, 0.5) is 0 Å². The number of rotatable bonds is 7. The average Bonchev–Trinajstić information content (AvgIpc) is 2.72. The molecule has 2 N–H and O–H groups in total. The van der Waals surface area contributed by atoms with Gasteiger partial charge >= 0.3 is 11.9 Å². The van der Waals surface area contributed by atoms with E-state index in [0.717, 1.165) is 18.1 Å². The van der Waals surface area contributed by atoms with Gasteiger partial charge in [0.2, 0.25) is 0 Å². The number of Topliss-reactive ketones (excluding diaryl/α,β-unsaturated/α-hetero) is 1. The molecule has 160 valence electrons. The van der Waals surface area contributed by atoms with Crippen molar-refractivity contribution in [2.45, 2.75) is 46.8 Å². The largest absolute Gasteiger partial charge is 0.480 e. The van der Waals surface area contributed by atoms with Crippen LogP contribution in [0.3, 0.4) is 0 Å². The molecule has 0 bridgehead atoms. The third-order valence-corrected chi connectivity index (χ3v) is 4.09. The third-order valence-electron chi connectivity index (χ3n) is 4.09. The Bertz CT molecular complexity index is 811. The van der Waals surface area contributed by atoms with Gasteiger partial charge in [0.25, 0.3) is 5.91 Å². The van der Waals surface area contributed by atoms with E-state index in [1.807, 2.05) is 27.7 Å². The number of hydrogen-bond donors (Lipinski definition) is 2. The summed E-state index contributed by atoms with van der Waals surface area (Å²) in [4.78, 5) is 48.3. The van der Waals surface area contributed by atoms with Crippen molar-refractivity contribution in [1.82, 2.24) is 5.32 Å². The maximum Gasteiger partial charge on any atom is 0.338 e. The molecule has 2 unspecified atom stereocenters. The first-order chi connectivity index (χ1) is 14.2. The SMILES string of the molecule is CC.CC(=O)C(OC(=O)c1ccc(C)cc1)C(NC(=O)c1ccc(C)cc1)C(=O)O. The summed E-state index contributed by atoms with van der Waals surface area (Å²) in [5.74, 6) is -3.73. The number of carboxylic acids is 1. The smallest absolute Gasteiger partial charge is 0.338 e. The van der Waals surface area contributed by atoms with Crippen LogP contribution in [0.1, 0.15) is 52.6 Å². The number of aliphatic carboxylic acids is 1. The molecule has 0 radical (unpaired) electrons. The molecule has 2 aromatic rings. The van der Waals surface area contributed by atoms with Crippen LogP contribution in [0.25, 0.3) is 0 Å². The molecule has 0 saturated heterocycles. The van der Waals surface area contributed by atoms with Crippen LogP contribution in [0.15, 0.2) is 48.5 Å². The Hall–Kier alpha value is -3.48. The zero-order chi connectivity index (χ0) is 22.8. The minimum absolute atomic E-state index is 0.172. The van der Waals surface area contributed by atoms with Crippen molar-refractivity contribution in [1.29, 1.82) is 0 Å². The summed E-state index contributed by atoms with van der Waals surface area (Å²) in [6.45, 7) is 8.79. The zero-order valence-corrected chi connectivity index (χ0v) is 17.8. The fraction of sp³-hybridized carbons (Fsp3) is 0.304. The number of ether oxygens (including phenoxy) is 1. The summed E-state index contributed by atoms with van der Waals surface area (Å²) in [6, 6.07) is 11.1. The summed E-state index contributed by atoms with van der Waals surface area (Å²) < 4.78 is 5.13. The van der Waals surface area contributed by atoms with E-state index in [-0.39, 0.29) is 11.1 Å². The predicted octanol–water partition coefficient (Wildman–Crippen LogP) is 3.33. The van der Waals surface area contributed by atoms with Crippen molar-refractivity contribution >= 4 is 23.6 Å². The number of carbonyl (C=O) groups is 4. The van der Waals surface area contributed by atoms with E-state index in [1.165, 1.54) is 24.3 Å². The van der Waals surface area contributed by atoms with E-state index in [4.69, 9.17) is 4.74 Å². The zero-order valence-electron chi connectivity index (χ0n) is 17.8. The van der Waals surface area contributed by atoms with Gasteiger partial charge in [0.15, 0.2) is 17.9 Å². The number of carboxylic acid groups (broad SMARTS) is 1. The van der Waals surface area contributed by atoms with Crippen molar-refractivity contribution in [3.8, 4) is 0 Å². The molecule has 0 aliphatic carbocycles. The van der Waals surface area contributed by atoms with Gasteiger partial charge in [-0.3, -0.25) is 9.59 Å². The van der Waals surface area contributed by atoms with Crippen LogP contribution in [0.2, 0.25) is 0 Å². The molecule has 7 heteroatoms. The molecule has 0 aliphatic rings. The Balaban J connectivity index is 0.00000218. The predicted molar refractivity (Wildman–Crippen MR) is 112 cm³/mol. The van der Waals surface area contributed by atoms with Gasteiger partial charge in [-0.1, -0.05) is 49.2 Å². The van der Waals surface area contributed by atoms with E-state index < -0.39 is 35.8 Å². The highest BCUT2D eigenvalue weighted by molar-refractivity contribution is 5.99. The first-order valence-electron chi connectivity index (χ1n) is 9.57. The highest BCUT2D eigenvalue weighted by Crippen LogP contribution is 2.11. The second-order valence-corrected chi connectivity index (χ2v) is 6.46. The number of benzene rings is 2. The second-order valence-electron chi connectivity index (χ2n) is 6.46. The molecule has 2 atom stereocenters. The summed E-state index contributed by atoms with van der Waals surface area (Å²) in [7, 11) is 0. The molecule has 2 aromatic carbocycles. The van der Waals surface area contributed by atoms with Gasteiger partial charge in [0.1, 0.15) is 0 Å². The van der Waals surface area contributed by atoms with Crippen molar-refractivity contribution in [2.24, 2.45) is 0 Å². The number of amides is 1. The Morgan fingerprint density at radius 2 is 1.27 bits per heavy atom. The van der Waals surface area contributed by atoms with E-state index in [9.17, 15) is 24.3 Å². The lowest BCUT2D eigenvalue weighted by Gasteiger charge is -2.23. The molecular weight excluding hydrogens is 386 g/mol. The molecular formula is C23H27NO6. The van der Waals surface area contributed by atoms with E-state index >= 15 is 0 Å². The normalized spacial score (nSPS) is 11.9. The van der Waals surface area contributed by atoms with Crippen molar-refractivity contribution in [3.63, 3.8) is 0 Å². The van der Waals surface area contributed by atoms with Crippen molar-refractivity contribution in [3.05, 3.63) is 70.8 Å². The van der Waals surface area contributed by atoms with E-state index in [1.54, 1.807) is 24.3 Å². The van der Waals surface area contributed by atoms with Crippen LogP contribution >= 0.6 is 0 Å². The molecule has 2 rings (SSSR count). The third kappa shape index (κ3) is 6.84.